The predicted octanol–water partition coefficient (Wildman–Crippen LogP) is 5.84. The average molecular weight is 609 g/mol. The largest absolute Gasteiger partial charge is 0.465 e. The van der Waals surface area contributed by atoms with Crippen molar-refractivity contribution < 1.29 is 19.1 Å². The van der Waals surface area contributed by atoms with Crippen molar-refractivity contribution in [1.29, 1.82) is 5.26 Å². The number of amides is 2. The van der Waals surface area contributed by atoms with Gasteiger partial charge in [-0.05, 0) is 66.2 Å². The van der Waals surface area contributed by atoms with E-state index in [0.717, 1.165) is 44.6 Å². The number of nitriles is 1. The van der Waals surface area contributed by atoms with E-state index in [4.69, 9.17) is 4.43 Å². The SMILES string of the molecule is CC(C)(C)[Si](C)(C)OCCn1c(=O)sc2cc(-c3ccc(CC(C#N)NC(=O)C4CCCCN4C(=O)O)cc3)ccc21. The molecule has 2 unspecified atom stereocenters. The third kappa shape index (κ3) is 7.11. The Morgan fingerprint density at radius 3 is 2.50 bits per heavy atom. The summed E-state index contributed by atoms with van der Waals surface area (Å²) in [5.74, 6) is -0.425. The first-order valence-corrected chi connectivity index (χ1v) is 18.1. The van der Waals surface area contributed by atoms with Crippen LogP contribution in [0, 0.1) is 11.3 Å². The molecular weight excluding hydrogens is 569 g/mol. The van der Waals surface area contributed by atoms with Gasteiger partial charge in [0.15, 0.2) is 8.32 Å². The summed E-state index contributed by atoms with van der Waals surface area (Å²) in [6.45, 7) is 12.4. The number of hydrogen-bond donors (Lipinski definition) is 2. The van der Waals surface area contributed by atoms with Gasteiger partial charge in [-0.1, -0.05) is 62.4 Å². The zero-order chi connectivity index (χ0) is 30.7. The van der Waals surface area contributed by atoms with Gasteiger partial charge in [0.25, 0.3) is 0 Å². The van der Waals surface area contributed by atoms with Crippen molar-refractivity contribution in [3.05, 3.63) is 57.7 Å². The van der Waals surface area contributed by atoms with Gasteiger partial charge < -0.3 is 14.8 Å². The number of piperidine rings is 1. The van der Waals surface area contributed by atoms with Gasteiger partial charge in [0, 0.05) is 19.5 Å². The highest BCUT2D eigenvalue weighted by Crippen LogP contribution is 2.36. The van der Waals surface area contributed by atoms with E-state index in [-0.39, 0.29) is 9.91 Å². The molecule has 2 N–H and O–H groups in total. The van der Waals surface area contributed by atoms with Gasteiger partial charge in [-0.25, -0.2) is 4.79 Å². The maximum absolute atomic E-state index is 12.8. The first kappa shape index (κ1) is 31.5. The second-order valence-electron chi connectivity index (χ2n) is 12.4. The lowest BCUT2D eigenvalue weighted by Gasteiger charge is -2.36. The van der Waals surface area contributed by atoms with E-state index >= 15 is 0 Å². The zero-order valence-electron chi connectivity index (χ0n) is 25.0. The molecule has 1 aliphatic rings. The summed E-state index contributed by atoms with van der Waals surface area (Å²) in [5.41, 5.74) is 3.74. The number of nitrogens with zero attached hydrogens (tertiary/aromatic N) is 3. The van der Waals surface area contributed by atoms with Crippen LogP contribution in [0.2, 0.25) is 18.1 Å². The summed E-state index contributed by atoms with van der Waals surface area (Å²) in [6, 6.07) is 14.4. The molecule has 11 heteroatoms. The maximum atomic E-state index is 12.8. The lowest BCUT2D eigenvalue weighted by atomic mass is 9.99. The van der Waals surface area contributed by atoms with Gasteiger partial charge in [0.05, 0.1) is 22.9 Å². The van der Waals surface area contributed by atoms with Crippen LogP contribution in [-0.2, 0) is 22.2 Å². The van der Waals surface area contributed by atoms with Gasteiger partial charge in [0.1, 0.15) is 12.1 Å². The summed E-state index contributed by atoms with van der Waals surface area (Å²) in [5, 5.41) is 21.9. The predicted molar refractivity (Wildman–Crippen MR) is 168 cm³/mol. The molecule has 4 rings (SSSR count). The van der Waals surface area contributed by atoms with Crippen molar-refractivity contribution in [3.63, 3.8) is 0 Å². The van der Waals surface area contributed by atoms with Crippen molar-refractivity contribution in [2.75, 3.05) is 13.2 Å². The Morgan fingerprint density at radius 2 is 1.86 bits per heavy atom. The fourth-order valence-corrected chi connectivity index (χ4v) is 6.96. The number of likely N-dealkylation sites (tertiary alicyclic amines) is 1. The second-order valence-corrected chi connectivity index (χ2v) is 18.2. The first-order chi connectivity index (χ1) is 19.8. The number of fused-ring (bicyclic) bond motifs is 1. The van der Waals surface area contributed by atoms with Crippen molar-refractivity contribution in [3.8, 4) is 17.2 Å². The third-order valence-corrected chi connectivity index (χ3v) is 14.0. The van der Waals surface area contributed by atoms with Crippen molar-refractivity contribution in [2.45, 2.75) is 83.2 Å². The number of rotatable bonds is 9. The number of hydrogen-bond acceptors (Lipinski definition) is 6. The lowest BCUT2D eigenvalue weighted by molar-refractivity contribution is -0.127. The summed E-state index contributed by atoms with van der Waals surface area (Å²) in [7, 11) is -1.89. The Kier molecular flexibility index (Phi) is 9.60. The summed E-state index contributed by atoms with van der Waals surface area (Å²) >= 11 is 1.23. The van der Waals surface area contributed by atoms with Gasteiger partial charge in [-0.15, -0.1) is 0 Å². The Morgan fingerprint density at radius 1 is 1.17 bits per heavy atom. The number of benzene rings is 2. The molecule has 2 atom stereocenters. The second kappa shape index (κ2) is 12.8. The average Bonchev–Trinajstić information content (AvgIpc) is 3.26. The van der Waals surface area contributed by atoms with Crippen LogP contribution in [0.25, 0.3) is 21.3 Å². The molecular formula is C31H40N4O5SSi. The Labute approximate surface area is 251 Å². The minimum Gasteiger partial charge on any atom is -0.465 e. The summed E-state index contributed by atoms with van der Waals surface area (Å²) < 4.78 is 9.00. The van der Waals surface area contributed by atoms with Crippen LogP contribution in [0.15, 0.2) is 47.3 Å². The van der Waals surface area contributed by atoms with Crippen LogP contribution in [-0.4, -0.2) is 60.1 Å². The highest BCUT2D eigenvalue weighted by Gasteiger charge is 2.37. The fourth-order valence-electron chi connectivity index (χ4n) is 4.97. The molecule has 3 aromatic rings. The molecule has 2 aromatic carbocycles. The molecule has 0 bridgehead atoms. The molecule has 1 saturated heterocycles. The normalized spacial score (nSPS) is 16.7. The zero-order valence-corrected chi connectivity index (χ0v) is 26.8. The van der Waals surface area contributed by atoms with E-state index in [9.17, 15) is 24.8 Å². The van der Waals surface area contributed by atoms with Crippen LogP contribution in [0.5, 0.6) is 0 Å². The molecule has 2 heterocycles. The van der Waals surface area contributed by atoms with E-state index in [0.29, 0.717) is 32.5 Å². The number of carbonyl (C=O) groups is 2. The van der Waals surface area contributed by atoms with Gasteiger partial charge in [-0.3, -0.25) is 19.1 Å². The van der Waals surface area contributed by atoms with E-state index in [1.807, 2.05) is 42.5 Å². The van der Waals surface area contributed by atoms with Gasteiger partial charge in [0.2, 0.25) is 5.91 Å². The van der Waals surface area contributed by atoms with Gasteiger partial charge >= 0.3 is 11.0 Å². The van der Waals surface area contributed by atoms with E-state index in [2.05, 4.69) is 45.3 Å². The van der Waals surface area contributed by atoms with E-state index in [1.165, 1.54) is 11.3 Å². The minimum absolute atomic E-state index is 0.000578. The molecule has 1 aliphatic heterocycles. The number of nitrogens with one attached hydrogen (secondary N) is 1. The minimum atomic E-state index is -1.89. The number of thiazole rings is 1. The van der Waals surface area contributed by atoms with Gasteiger partial charge in [-0.2, -0.15) is 5.26 Å². The molecule has 0 spiro atoms. The molecule has 224 valence electrons. The topological polar surface area (TPSA) is 125 Å². The standard InChI is InChI=1S/C31H40N4O5SSi/c1-31(2,3)42(4,5)40-17-16-35-25-14-13-23(19-27(25)41-30(35)39)22-11-9-21(10-12-22)18-24(20-32)33-28(36)26-8-6-7-15-34(26)29(37)38/h9-14,19,24,26H,6-8,15-18H2,1-5H3,(H,33,36)(H,37,38). The van der Waals surface area contributed by atoms with E-state index in [1.54, 1.807) is 4.57 Å². The smallest absolute Gasteiger partial charge is 0.407 e. The van der Waals surface area contributed by atoms with Crippen LogP contribution in [0.3, 0.4) is 0 Å². The van der Waals surface area contributed by atoms with Crippen molar-refractivity contribution in [1.82, 2.24) is 14.8 Å². The van der Waals surface area contributed by atoms with Crippen molar-refractivity contribution in [2.24, 2.45) is 0 Å². The highest BCUT2D eigenvalue weighted by molar-refractivity contribution is 7.16. The molecule has 0 radical (unpaired) electrons. The quantitative estimate of drug-likeness (QED) is 0.294. The number of carbonyl (C=O) groups excluding carboxylic acids is 1. The molecule has 1 fully saturated rings. The highest BCUT2D eigenvalue weighted by atomic mass is 32.1. The summed E-state index contributed by atoms with van der Waals surface area (Å²) in [4.78, 5) is 38.3. The Bertz CT molecular complexity index is 1530. The Balaban J connectivity index is 1.41. The molecule has 9 nitrogen and oxygen atoms in total. The molecule has 2 amide bonds. The van der Waals surface area contributed by atoms with Crippen molar-refractivity contribution >= 4 is 41.9 Å². The van der Waals surface area contributed by atoms with E-state index < -0.39 is 32.4 Å². The van der Waals surface area contributed by atoms with Crippen LogP contribution in [0.4, 0.5) is 4.79 Å². The number of carboxylic acid groups (broad SMARTS) is 1. The molecule has 0 aliphatic carbocycles. The summed E-state index contributed by atoms with van der Waals surface area (Å²) in [6.07, 6.45) is 1.16. The van der Waals surface area contributed by atoms with Crippen LogP contribution in [0.1, 0.15) is 45.6 Å². The fraction of sp³-hybridized carbons (Fsp3) is 0.484. The third-order valence-electron chi connectivity index (χ3n) is 8.50. The maximum Gasteiger partial charge on any atom is 0.407 e. The van der Waals surface area contributed by atoms with Crippen LogP contribution < -0.4 is 10.2 Å². The number of aromatic nitrogens is 1. The lowest BCUT2D eigenvalue weighted by Crippen LogP contribution is -2.53. The van der Waals surface area contributed by atoms with Crippen LogP contribution >= 0.6 is 11.3 Å². The molecule has 0 saturated carbocycles. The Hall–Kier alpha value is -3.46. The monoisotopic (exact) mass is 608 g/mol. The molecule has 42 heavy (non-hydrogen) atoms. The first-order valence-electron chi connectivity index (χ1n) is 14.4. The molecule has 1 aromatic heterocycles.